The van der Waals surface area contributed by atoms with Gasteiger partial charge in [0.05, 0.1) is 11.9 Å². The van der Waals surface area contributed by atoms with Gasteiger partial charge in [0.25, 0.3) is 0 Å². The zero-order valence-electron chi connectivity index (χ0n) is 19.9. The van der Waals surface area contributed by atoms with E-state index in [1.54, 1.807) is 6.92 Å². The molecule has 182 valence electrons. The van der Waals surface area contributed by atoms with E-state index < -0.39 is 23.5 Å². The maximum absolute atomic E-state index is 13.1. The third-order valence-corrected chi connectivity index (χ3v) is 6.36. The number of carbonyl (C=O) groups excluding carboxylic acids is 2. The Morgan fingerprint density at radius 1 is 1.09 bits per heavy atom. The number of aromatic carboxylic acids is 1. The van der Waals surface area contributed by atoms with E-state index in [1.165, 1.54) is 13.2 Å². The maximum atomic E-state index is 13.1. The molecule has 9 nitrogen and oxygen atoms in total. The lowest BCUT2D eigenvalue weighted by molar-refractivity contribution is -0.122. The Morgan fingerprint density at radius 2 is 1.69 bits per heavy atom. The molecule has 9 heteroatoms. The summed E-state index contributed by atoms with van der Waals surface area (Å²) in [5.74, 6) is -1.88. The zero-order chi connectivity index (χ0) is 25.2. The molecular formula is C26H28N4O5. The first kappa shape index (κ1) is 24.0. The summed E-state index contributed by atoms with van der Waals surface area (Å²) in [4.78, 5) is 37.5. The van der Waals surface area contributed by atoms with Crippen LogP contribution in [0.4, 0.5) is 10.5 Å². The summed E-state index contributed by atoms with van der Waals surface area (Å²) in [6.45, 7) is 3.59. The number of rotatable bonds is 8. The van der Waals surface area contributed by atoms with Gasteiger partial charge in [0.2, 0.25) is 5.91 Å². The molecule has 0 aliphatic heterocycles. The van der Waals surface area contributed by atoms with Gasteiger partial charge in [-0.2, -0.15) is 5.10 Å². The third-order valence-electron chi connectivity index (χ3n) is 6.36. The minimum atomic E-state index is -1.32. The fourth-order valence-electron chi connectivity index (χ4n) is 4.64. The van der Waals surface area contributed by atoms with Crippen molar-refractivity contribution in [1.82, 2.24) is 15.1 Å². The average molecular weight is 477 g/mol. The Bertz CT molecular complexity index is 1240. The lowest BCUT2D eigenvalue weighted by Gasteiger charge is -2.29. The molecule has 0 saturated heterocycles. The molecule has 1 aliphatic carbocycles. The quantitative estimate of drug-likeness (QED) is 0.449. The van der Waals surface area contributed by atoms with Crippen molar-refractivity contribution >= 4 is 23.7 Å². The molecule has 0 bridgehead atoms. The summed E-state index contributed by atoms with van der Waals surface area (Å²) in [5, 5.41) is 18.6. The molecule has 3 N–H and O–H groups in total. The van der Waals surface area contributed by atoms with Crippen molar-refractivity contribution in [2.24, 2.45) is 7.05 Å². The van der Waals surface area contributed by atoms with Crippen LogP contribution in [0.2, 0.25) is 0 Å². The van der Waals surface area contributed by atoms with Crippen molar-refractivity contribution in [3.63, 3.8) is 0 Å². The normalized spacial score (nSPS) is 13.9. The van der Waals surface area contributed by atoms with Crippen LogP contribution in [0.5, 0.6) is 0 Å². The molecule has 2 amide bonds. The molecule has 1 unspecified atom stereocenters. The number of alkyl carbamates (subject to hydrolysis) is 1. The van der Waals surface area contributed by atoms with Gasteiger partial charge in [-0.05, 0) is 35.6 Å². The maximum Gasteiger partial charge on any atom is 0.408 e. The highest BCUT2D eigenvalue weighted by Crippen LogP contribution is 2.44. The number of fused-ring (bicyclic) bond motifs is 3. The average Bonchev–Trinajstić information content (AvgIpc) is 3.35. The number of aromatic nitrogens is 2. The van der Waals surface area contributed by atoms with Gasteiger partial charge in [-0.1, -0.05) is 61.9 Å². The van der Waals surface area contributed by atoms with Crippen LogP contribution in [-0.2, 0) is 16.6 Å². The summed E-state index contributed by atoms with van der Waals surface area (Å²) >= 11 is 0. The number of amides is 2. The number of nitrogens with one attached hydrogen (secondary N) is 2. The Kier molecular flexibility index (Phi) is 6.59. The van der Waals surface area contributed by atoms with Crippen molar-refractivity contribution in [3.8, 4) is 11.1 Å². The first-order valence-electron chi connectivity index (χ1n) is 11.4. The van der Waals surface area contributed by atoms with Crippen LogP contribution in [0.25, 0.3) is 11.1 Å². The molecule has 1 aliphatic rings. The number of carbonyl (C=O) groups is 3. The minimum absolute atomic E-state index is 0.0571. The Hall–Kier alpha value is -4.14. The third kappa shape index (κ3) is 4.62. The number of benzene rings is 2. The molecule has 3 aromatic rings. The van der Waals surface area contributed by atoms with E-state index in [2.05, 4.69) is 27.9 Å². The van der Waals surface area contributed by atoms with Crippen LogP contribution in [0, 0.1) is 0 Å². The Balaban J connectivity index is 1.47. The lowest BCUT2D eigenvalue weighted by Crippen LogP contribution is -2.54. The molecule has 0 saturated carbocycles. The minimum Gasteiger partial charge on any atom is -0.476 e. The molecule has 0 radical (unpaired) electrons. The van der Waals surface area contributed by atoms with E-state index in [9.17, 15) is 19.5 Å². The summed E-state index contributed by atoms with van der Waals surface area (Å²) in [5.41, 5.74) is 3.01. The standard InChI is InChI=1S/C26H28N4O5/c1-4-13-26(2,24(33)28-21-14-27-30(3)22(21)23(31)32)29-25(34)35-15-20-18-11-7-5-9-16(18)17-10-6-8-12-19(17)20/h5-12,14,20H,4,13,15H2,1-3H3,(H,28,33)(H,29,34)(H,31,32). The van der Waals surface area contributed by atoms with E-state index in [0.717, 1.165) is 26.9 Å². The fourth-order valence-corrected chi connectivity index (χ4v) is 4.64. The van der Waals surface area contributed by atoms with Gasteiger partial charge in [0.1, 0.15) is 12.1 Å². The highest BCUT2D eigenvalue weighted by Gasteiger charge is 2.36. The number of carboxylic acid groups (broad SMARTS) is 1. The lowest BCUT2D eigenvalue weighted by atomic mass is 9.95. The van der Waals surface area contributed by atoms with Crippen molar-refractivity contribution in [2.75, 3.05) is 11.9 Å². The highest BCUT2D eigenvalue weighted by atomic mass is 16.5. The molecule has 4 rings (SSSR count). The van der Waals surface area contributed by atoms with Crippen molar-refractivity contribution in [2.45, 2.75) is 38.1 Å². The van der Waals surface area contributed by atoms with E-state index in [-0.39, 0.29) is 23.9 Å². The van der Waals surface area contributed by atoms with Crippen LogP contribution < -0.4 is 10.6 Å². The first-order chi connectivity index (χ1) is 16.7. The topological polar surface area (TPSA) is 123 Å². The number of nitrogens with zero attached hydrogens (tertiary/aromatic N) is 2. The Morgan fingerprint density at radius 3 is 2.26 bits per heavy atom. The largest absolute Gasteiger partial charge is 0.476 e. The summed E-state index contributed by atoms with van der Waals surface area (Å²) in [7, 11) is 1.47. The van der Waals surface area contributed by atoms with Crippen molar-refractivity contribution in [3.05, 3.63) is 71.5 Å². The Labute approximate surface area is 203 Å². The van der Waals surface area contributed by atoms with E-state index in [0.29, 0.717) is 12.8 Å². The second-order valence-electron chi connectivity index (χ2n) is 8.82. The molecule has 0 fully saturated rings. The molecule has 2 aromatic carbocycles. The van der Waals surface area contributed by atoms with Gasteiger partial charge in [-0.15, -0.1) is 0 Å². The summed E-state index contributed by atoms with van der Waals surface area (Å²) < 4.78 is 6.77. The van der Waals surface area contributed by atoms with Gasteiger partial charge < -0.3 is 20.5 Å². The molecule has 1 aromatic heterocycles. The molecule has 1 atom stereocenters. The summed E-state index contributed by atoms with van der Waals surface area (Å²) in [6, 6.07) is 16.1. The number of hydrogen-bond donors (Lipinski definition) is 3. The van der Waals surface area contributed by atoms with Crippen molar-refractivity contribution in [1.29, 1.82) is 0 Å². The van der Waals surface area contributed by atoms with Crippen LogP contribution >= 0.6 is 0 Å². The molecule has 1 heterocycles. The number of aryl methyl sites for hydroxylation is 1. The van der Waals surface area contributed by atoms with E-state index >= 15 is 0 Å². The first-order valence-corrected chi connectivity index (χ1v) is 11.4. The van der Waals surface area contributed by atoms with Gasteiger partial charge in [0.15, 0.2) is 5.69 Å². The van der Waals surface area contributed by atoms with Gasteiger partial charge in [-0.25, -0.2) is 9.59 Å². The second-order valence-corrected chi connectivity index (χ2v) is 8.82. The number of anilines is 1. The highest BCUT2D eigenvalue weighted by molar-refractivity contribution is 6.03. The monoisotopic (exact) mass is 476 g/mol. The van der Waals surface area contributed by atoms with Crippen LogP contribution in [0.15, 0.2) is 54.7 Å². The van der Waals surface area contributed by atoms with Gasteiger partial charge >= 0.3 is 12.1 Å². The predicted octanol–water partition coefficient (Wildman–Crippen LogP) is 4.15. The van der Waals surface area contributed by atoms with Crippen LogP contribution in [0.3, 0.4) is 0 Å². The number of carboxylic acids is 1. The second kappa shape index (κ2) is 9.61. The molecule has 35 heavy (non-hydrogen) atoms. The summed E-state index contributed by atoms with van der Waals surface area (Å²) in [6.07, 6.45) is 1.47. The van der Waals surface area contributed by atoms with Crippen molar-refractivity contribution < 1.29 is 24.2 Å². The smallest absolute Gasteiger partial charge is 0.408 e. The predicted molar refractivity (Wildman–Crippen MR) is 130 cm³/mol. The molecular weight excluding hydrogens is 448 g/mol. The SMILES string of the molecule is CCCC(C)(NC(=O)OCC1c2ccccc2-c2ccccc21)C(=O)Nc1cnn(C)c1C(=O)O. The zero-order valence-corrected chi connectivity index (χ0v) is 19.9. The van der Waals surface area contributed by atoms with Gasteiger partial charge in [0, 0.05) is 13.0 Å². The number of hydrogen-bond acceptors (Lipinski definition) is 5. The van der Waals surface area contributed by atoms with Crippen LogP contribution in [0.1, 0.15) is 54.2 Å². The van der Waals surface area contributed by atoms with Gasteiger partial charge in [-0.3, -0.25) is 9.48 Å². The van der Waals surface area contributed by atoms with Crippen LogP contribution in [-0.4, -0.2) is 45.0 Å². The van der Waals surface area contributed by atoms with E-state index in [4.69, 9.17) is 4.74 Å². The molecule has 0 spiro atoms. The fraction of sp³-hybridized carbons (Fsp3) is 0.308. The number of ether oxygens (including phenoxy) is 1. The van der Waals surface area contributed by atoms with E-state index in [1.807, 2.05) is 43.3 Å².